The van der Waals surface area contributed by atoms with E-state index in [1.54, 1.807) is 24.3 Å². The molecular formula is C17H17ClN2O4S. The Morgan fingerprint density at radius 3 is 2.36 bits per heavy atom. The van der Waals surface area contributed by atoms with Gasteiger partial charge in [0.05, 0.1) is 4.90 Å². The fourth-order valence-electron chi connectivity index (χ4n) is 2.04. The first-order chi connectivity index (χ1) is 11.8. The highest BCUT2D eigenvalue weighted by Crippen LogP contribution is 2.15. The van der Waals surface area contributed by atoms with Gasteiger partial charge in [-0.25, -0.2) is 13.1 Å². The number of halogens is 1. The second-order valence-electron chi connectivity index (χ2n) is 5.29. The number of hydrogen-bond acceptors (Lipinski definition) is 4. The summed E-state index contributed by atoms with van der Waals surface area (Å²) in [6, 6.07) is 12.3. The first-order valence-electron chi connectivity index (χ1n) is 7.44. The van der Waals surface area contributed by atoms with Crippen LogP contribution in [-0.4, -0.2) is 26.7 Å². The molecule has 0 aliphatic rings. The molecule has 25 heavy (non-hydrogen) atoms. The molecule has 0 spiro atoms. The van der Waals surface area contributed by atoms with Gasteiger partial charge in [-0.3, -0.25) is 9.59 Å². The third-order valence-electron chi connectivity index (χ3n) is 3.32. The lowest BCUT2D eigenvalue weighted by Gasteiger charge is -2.08. The van der Waals surface area contributed by atoms with Crippen molar-refractivity contribution in [2.24, 2.45) is 0 Å². The summed E-state index contributed by atoms with van der Waals surface area (Å²) < 4.78 is 26.7. The second-order valence-corrected chi connectivity index (χ2v) is 7.49. The molecule has 0 unspecified atom stereocenters. The van der Waals surface area contributed by atoms with Crippen molar-refractivity contribution in [2.45, 2.75) is 18.2 Å². The van der Waals surface area contributed by atoms with E-state index in [9.17, 15) is 18.0 Å². The van der Waals surface area contributed by atoms with Gasteiger partial charge in [0.2, 0.25) is 15.9 Å². The number of benzene rings is 2. The maximum atomic E-state index is 12.2. The van der Waals surface area contributed by atoms with E-state index < -0.39 is 10.0 Å². The standard InChI is InChI=1S/C17H17ClN2O4S/c1-12(21)13-5-7-16(8-6-13)25(23,24)19-10-9-17(22)20-15-4-2-3-14(18)11-15/h2-8,11,19H,9-10H2,1H3,(H,20,22). The molecule has 8 heteroatoms. The van der Waals surface area contributed by atoms with Crippen LogP contribution < -0.4 is 10.0 Å². The van der Waals surface area contributed by atoms with E-state index in [0.717, 1.165) is 0 Å². The molecule has 0 aliphatic heterocycles. The Morgan fingerprint density at radius 1 is 1.08 bits per heavy atom. The zero-order valence-corrected chi connectivity index (χ0v) is 15.0. The van der Waals surface area contributed by atoms with Crippen LogP contribution in [-0.2, 0) is 14.8 Å². The van der Waals surface area contributed by atoms with Crippen molar-refractivity contribution in [3.63, 3.8) is 0 Å². The lowest BCUT2D eigenvalue weighted by Crippen LogP contribution is -2.27. The van der Waals surface area contributed by atoms with E-state index in [-0.39, 0.29) is 29.6 Å². The van der Waals surface area contributed by atoms with Crippen molar-refractivity contribution in [1.82, 2.24) is 4.72 Å². The quantitative estimate of drug-likeness (QED) is 0.722. The molecule has 2 N–H and O–H groups in total. The van der Waals surface area contributed by atoms with Gasteiger partial charge in [-0.15, -0.1) is 0 Å². The molecule has 0 radical (unpaired) electrons. The Bertz CT molecular complexity index is 880. The van der Waals surface area contributed by atoms with Gasteiger partial charge < -0.3 is 5.32 Å². The Morgan fingerprint density at radius 2 is 1.76 bits per heavy atom. The van der Waals surface area contributed by atoms with Gasteiger partial charge >= 0.3 is 0 Å². The molecule has 0 bridgehead atoms. The Hall–Kier alpha value is -2.22. The molecule has 0 atom stereocenters. The van der Waals surface area contributed by atoms with Crippen molar-refractivity contribution < 1.29 is 18.0 Å². The number of amides is 1. The predicted molar refractivity (Wildman–Crippen MR) is 96.3 cm³/mol. The molecule has 2 aromatic rings. The summed E-state index contributed by atoms with van der Waals surface area (Å²) in [5.41, 5.74) is 0.972. The van der Waals surface area contributed by atoms with Gasteiger partial charge in [0.1, 0.15) is 0 Å². The van der Waals surface area contributed by atoms with Crippen LogP contribution in [0, 0.1) is 0 Å². The highest BCUT2D eigenvalue weighted by atomic mass is 35.5. The van der Waals surface area contributed by atoms with Crippen molar-refractivity contribution >= 4 is 39.0 Å². The van der Waals surface area contributed by atoms with Crippen LogP contribution in [0.5, 0.6) is 0 Å². The van der Waals surface area contributed by atoms with Crippen LogP contribution in [0.4, 0.5) is 5.69 Å². The number of sulfonamides is 1. The third kappa shape index (κ3) is 5.67. The van der Waals surface area contributed by atoms with Crippen LogP contribution in [0.2, 0.25) is 5.02 Å². The summed E-state index contributed by atoms with van der Waals surface area (Å²) in [7, 11) is -3.74. The number of ketones is 1. The van der Waals surface area contributed by atoms with Gasteiger partial charge in [0.15, 0.2) is 5.78 Å². The highest BCUT2D eigenvalue weighted by molar-refractivity contribution is 7.89. The minimum atomic E-state index is -3.74. The fourth-order valence-corrected chi connectivity index (χ4v) is 3.26. The summed E-state index contributed by atoms with van der Waals surface area (Å²) in [5, 5.41) is 3.13. The Balaban J connectivity index is 1.89. The fraction of sp³-hybridized carbons (Fsp3) is 0.176. The van der Waals surface area contributed by atoms with Gasteiger partial charge in [-0.1, -0.05) is 29.8 Å². The minimum Gasteiger partial charge on any atom is -0.326 e. The Kier molecular flexibility index (Phi) is 6.30. The Labute approximate surface area is 151 Å². The number of carbonyl (C=O) groups excluding carboxylic acids is 2. The summed E-state index contributed by atoms with van der Waals surface area (Å²) >= 11 is 5.83. The average molecular weight is 381 g/mol. The maximum Gasteiger partial charge on any atom is 0.240 e. The molecule has 0 fully saturated rings. The van der Waals surface area contributed by atoms with Crippen LogP contribution in [0.15, 0.2) is 53.4 Å². The van der Waals surface area contributed by atoms with Crippen LogP contribution in [0.25, 0.3) is 0 Å². The summed E-state index contributed by atoms with van der Waals surface area (Å²) in [5.74, 6) is -0.480. The van der Waals surface area contributed by atoms with Gasteiger partial charge in [-0.2, -0.15) is 0 Å². The molecule has 0 aliphatic carbocycles. The molecule has 1 amide bonds. The lowest BCUT2D eigenvalue weighted by molar-refractivity contribution is -0.116. The average Bonchev–Trinajstić information content (AvgIpc) is 2.54. The first kappa shape index (κ1) is 19.1. The van der Waals surface area contributed by atoms with Crippen molar-refractivity contribution in [3.8, 4) is 0 Å². The zero-order chi connectivity index (χ0) is 18.4. The SMILES string of the molecule is CC(=O)c1ccc(S(=O)(=O)NCCC(=O)Nc2cccc(Cl)c2)cc1. The number of anilines is 1. The van der Waals surface area contributed by atoms with E-state index in [2.05, 4.69) is 10.0 Å². The number of hydrogen-bond donors (Lipinski definition) is 2. The molecule has 0 saturated heterocycles. The first-order valence-corrected chi connectivity index (χ1v) is 9.30. The van der Waals surface area contributed by atoms with Gasteiger partial charge in [0, 0.05) is 29.2 Å². The molecule has 132 valence electrons. The third-order valence-corrected chi connectivity index (χ3v) is 5.04. The number of rotatable bonds is 7. The smallest absolute Gasteiger partial charge is 0.240 e. The van der Waals surface area contributed by atoms with Crippen molar-refractivity contribution in [2.75, 3.05) is 11.9 Å². The monoisotopic (exact) mass is 380 g/mol. The topological polar surface area (TPSA) is 92.3 Å². The largest absolute Gasteiger partial charge is 0.326 e. The van der Waals surface area contributed by atoms with Gasteiger partial charge in [-0.05, 0) is 37.3 Å². The molecule has 2 aromatic carbocycles. The lowest BCUT2D eigenvalue weighted by atomic mass is 10.2. The van der Waals surface area contributed by atoms with E-state index in [0.29, 0.717) is 16.3 Å². The number of nitrogens with one attached hydrogen (secondary N) is 2. The number of carbonyl (C=O) groups is 2. The summed E-state index contributed by atoms with van der Waals surface area (Å²) in [4.78, 5) is 23.1. The molecular weight excluding hydrogens is 364 g/mol. The van der Waals surface area contributed by atoms with E-state index in [1.165, 1.54) is 31.2 Å². The normalized spacial score (nSPS) is 11.1. The molecule has 0 saturated carbocycles. The maximum absolute atomic E-state index is 12.2. The van der Waals surface area contributed by atoms with E-state index in [1.807, 2.05) is 0 Å². The molecule has 2 rings (SSSR count). The molecule has 0 aromatic heterocycles. The van der Waals surface area contributed by atoms with Gasteiger partial charge in [0.25, 0.3) is 0 Å². The number of Topliss-reactive ketones (excluding diaryl/α,β-unsaturated/α-hetero) is 1. The zero-order valence-electron chi connectivity index (χ0n) is 13.5. The van der Waals surface area contributed by atoms with Crippen molar-refractivity contribution in [1.29, 1.82) is 0 Å². The molecule has 6 nitrogen and oxygen atoms in total. The second kappa shape index (κ2) is 8.24. The van der Waals surface area contributed by atoms with E-state index >= 15 is 0 Å². The van der Waals surface area contributed by atoms with Crippen LogP contribution in [0.1, 0.15) is 23.7 Å². The summed E-state index contributed by atoms with van der Waals surface area (Å²) in [6.45, 7) is 1.35. The van der Waals surface area contributed by atoms with Crippen LogP contribution >= 0.6 is 11.6 Å². The van der Waals surface area contributed by atoms with Crippen LogP contribution in [0.3, 0.4) is 0 Å². The highest BCUT2D eigenvalue weighted by Gasteiger charge is 2.14. The predicted octanol–water partition coefficient (Wildman–Crippen LogP) is 2.85. The minimum absolute atomic E-state index is 0.0305. The van der Waals surface area contributed by atoms with Crippen molar-refractivity contribution in [3.05, 3.63) is 59.1 Å². The van der Waals surface area contributed by atoms with E-state index in [4.69, 9.17) is 11.6 Å². The summed E-state index contributed by atoms with van der Waals surface area (Å²) in [6.07, 6.45) is -0.0305. The molecule has 0 heterocycles.